The highest BCUT2D eigenvalue weighted by molar-refractivity contribution is 5.94. The molecule has 2 unspecified atom stereocenters. The number of phenolic OH excluding ortho intramolecular Hbond substituents is 1. The molecule has 1 heterocycles. The number of benzene rings is 1. The van der Waals surface area contributed by atoms with Crippen molar-refractivity contribution in [2.75, 3.05) is 0 Å². The fourth-order valence-electron chi connectivity index (χ4n) is 3.95. The Kier molecular flexibility index (Phi) is 3.24. The van der Waals surface area contributed by atoms with E-state index in [0.29, 0.717) is 16.9 Å². The second-order valence-corrected chi connectivity index (χ2v) is 7.03. The Morgan fingerprint density at radius 2 is 2.05 bits per heavy atom. The van der Waals surface area contributed by atoms with Crippen molar-refractivity contribution in [3.8, 4) is 11.5 Å². The zero-order chi connectivity index (χ0) is 16.2. The average Bonchev–Trinajstić information content (AvgIpc) is 2.35. The lowest BCUT2D eigenvalue weighted by Gasteiger charge is -2.46. The minimum atomic E-state index is -1.01. The first-order valence-electron chi connectivity index (χ1n) is 7.68. The van der Waals surface area contributed by atoms with Crippen molar-refractivity contribution in [1.82, 2.24) is 0 Å². The lowest BCUT2D eigenvalue weighted by molar-refractivity contribution is 0.00922. The molecule has 2 aliphatic rings. The molecular formula is C18H22O4. The topological polar surface area (TPSA) is 66.8 Å². The van der Waals surface area contributed by atoms with E-state index in [-0.39, 0.29) is 23.1 Å². The maximum absolute atomic E-state index is 11.7. The van der Waals surface area contributed by atoms with Gasteiger partial charge in [-0.1, -0.05) is 11.6 Å². The number of carbonyl (C=O) groups is 1. The Morgan fingerprint density at radius 3 is 2.68 bits per heavy atom. The monoisotopic (exact) mass is 302 g/mol. The molecule has 1 aliphatic carbocycles. The van der Waals surface area contributed by atoms with Crippen molar-refractivity contribution in [3.05, 3.63) is 34.4 Å². The number of hydrogen-bond donors (Lipinski definition) is 2. The summed E-state index contributed by atoms with van der Waals surface area (Å²) in [5, 5.41) is 20.0. The predicted octanol–water partition coefficient (Wildman–Crippen LogP) is 4.01. The molecule has 22 heavy (non-hydrogen) atoms. The molecule has 0 aromatic heterocycles. The first-order valence-corrected chi connectivity index (χ1v) is 7.68. The molecule has 1 aromatic carbocycles. The Balaban J connectivity index is 2.31. The largest absolute Gasteiger partial charge is 0.507 e. The minimum Gasteiger partial charge on any atom is -0.507 e. The Labute approximate surface area is 130 Å². The minimum absolute atomic E-state index is 0.00574. The molecule has 2 atom stereocenters. The van der Waals surface area contributed by atoms with Gasteiger partial charge in [0.15, 0.2) is 0 Å². The van der Waals surface area contributed by atoms with Crippen LogP contribution in [-0.4, -0.2) is 21.8 Å². The Bertz CT molecular complexity index is 685. The maximum Gasteiger partial charge on any atom is 0.339 e. The van der Waals surface area contributed by atoms with Crippen LogP contribution in [0.2, 0.25) is 0 Å². The number of allylic oxidation sites excluding steroid dienone is 2. The van der Waals surface area contributed by atoms with E-state index >= 15 is 0 Å². The van der Waals surface area contributed by atoms with Crippen molar-refractivity contribution >= 4 is 5.97 Å². The van der Waals surface area contributed by atoms with Gasteiger partial charge in [0.1, 0.15) is 22.7 Å². The molecule has 0 spiro atoms. The van der Waals surface area contributed by atoms with Gasteiger partial charge < -0.3 is 14.9 Å². The van der Waals surface area contributed by atoms with E-state index in [1.54, 1.807) is 13.0 Å². The summed E-state index contributed by atoms with van der Waals surface area (Å²) in [5.41, 5.74) is 2.14. The first kappa shape index (κ1) is 14.9. The van der Waals surface area contributed by atoms with E-state index in [4.69, 9.17) is 4.74 Å². The SMILES string of the molecule is CC1=CC2c3c(O)cc(C)c(C(=O)O)c3OC(C)(C)C2CC1. The van der Waals surface area contributed by atoms with Crippen LogP contribution in [0.15, 0.2) is 17.7 Å². The fourth-order valence-corrected chi connectivity index (χ4v) is 3.95. The number of aromatic hydroxyl groups is 1. The van der Waals surface area contributed by atoms with Crippen molar-refractivity contribution < 1.29 is 19.7 Å². The van der Waals surface area contributed by atoms with Crippen LogP contribution in [0.4, 0.5) is 0 Å². The second kappa shape index (κ2) is 4.77. The van der Waals surface area contributed by atoms with Crippen LogP contribution in [0, 0.1) is 12.8 Å². The first-order chi connectivity index (χ1) is 10.2. The quantitative estimate of drug-likeness (QED) is 0.769. The van der Waals surface area contributed by atoms with Crippen LogP contribution >= 0.6 is 0 Å². The number of ether oxygens (including phenoxy) is 1. The number of carboxylic acid groups (broad SMARTS) is 1. The van der Waals surface area contributed by atoms with Gasteiger partial charge in [0.2, 0.25) is 0 Å². The van der Waals surface area contributed by atoms with Gasteiger partial charge in [-0.2, -0.15) is 0 Å². The summed E-state index contributed by atoms with van der Waals surface area (Å²) in [4.78, 5) is 11.7. The fraction of sp³-hybridized carbons (Fsp3) is 0.500. The van der Waals surface area contributed by atoms with Gasteiger partial charge in [0.05, 0.1) is 0 Å². The van der Waals surface area contributed by atoms with E-state index < -0.39 is 11.6 Å². The molecule has 4 nitrogen and oxygen atoms in total. The number of aromatic carboxylic acids is 1. The molecule has 0 saturated carbocycles. The number of rotatable bonds is 1. The lowest BCUT2D eigenvalue weighted by atomic mass is 9.67. The van der Waals surface area contributed by atoms with Crippen LogP contribution in [0.5, 0.6) is 11.5 Å². The van der Waals surface area contributed by atoms with Crippen LogP contribution in [0.1, 0.15) is 61.0 Å². The molecule has 0 saturated heterocycles. The summed E-state index contributed by atoms with van der Waals surface area (Å²) in [6, 6.07) is 1.54. The molecule has 118 valence electrons. The Morgan fingerprint density at radius 1 is 1.36 bits per heavy atom. The molecule has 1 aliphatic heterocycles. The normalized spacial score (nSPS) is 25.5. The van der Waals surface area contributed by atoms with Crippen LogP contribution in [0.25, 0.3) is 0 Å². The second-order valence-electron chi connectivity index (χ2n) is 7.03. The molecule has 0 fully saturated rings. The van der Waals surface area contributed by atoms with Crippen LogP contribution < -0.4 is 4.74 Å². The number of fused-ring (bicyclic) bond motifs is 3. The van der Waals surface area contributed by atoms with Crippen molar-refractivity contribution in [2.45, 2.75) is 52.1 Å². The summed E-state index contributed by atoms with van der Waals surface area (Å²) < 4.78 is 6.11. The van der Waals surface area contributed by atoms with E-state index in [0.717, 1.165) is 12.8 Å². The Hall–Kier alpha value is -1.97. The molecule has 4 heteroatoms. The zero-order valence-corrected chi connectivity index (χ0v) is 13.4. The van der Waals surface area contributed by atoms with E-state index in [9.17, 15) is 15.0 Å². The van der Waals surface area contributed by atoms with Gasteiger partial charge in [0.25, 0.3) is 0 Å². The number of phenols is 1. The summed E-state index contributed by atoms with van der Waals surface area (Å²) in [6.07, 6.45) is 4.16. The highest BCUT2D eigenvalue weighted by Crippen LogP contribution is 2.54. The van der Waals surface area contributed by atoms with Crippen molar-refractivity contribution in [1.29, 1.82) is 0 Å². The van der Waals surface area contributed by atoms with Crippen molar-refractivity contribution in [3.63, 3.8) is 0 Å². The van der Waals surface area contributed by atoms with Gasteiger partial charge in [-0.15, -0.1) is 0 Å². The standard InChI is InChI=1S/C18H22O4/c1-9-5-6-12-11(7-9)15-13(19)8-10(2)14(17(20)21)16(15)22-18(12,3)4/h7-8,11-12,19H,5-6H2,1-4H3,(H,20,21). The smallest absolute Gasteiger partial charge is 0.339 e. The van der Waals surface area contributed by atoms with Gasteiger partial charge in [-0.3, -0.25) is 0 Å². The summed E-state index contributed by atoms with van der Waals surface area (Å²) in [6.45, 7) is 7.79. The third-order valence-corrected chi connectivity index (χ3v) is 5.05. The van der Waals surface area contributed by atoms with Gasteiger partial charge in [-0.05, 0) is 52.2 Å². The third kappa shape index (κ3) is 2.09. The maximum atomic E-state index is 11.7. The van der Waals surface area contributed by atoms with E-state index in [2.05, 4.69) is 13.0 Å². The molecule has 1 aromatic rings. The highest BCUT2D eigenvalue weighted by atomic mass is 16.5. The molecule has 2 N–H and O–H groups in total. The number of hydrogen-bond acceptors (Lipinski definition) is 3. The van der Waals surface area contributed by atoms with Crippen LogP contribution in [-0.2, 0) is 0 Å². The summed E-state index contributed by atoms with van der Waals surface area (Å²) in [7, 11) is 0. The van der Waals surface area contributed by atoms with Gasteiger partial charge >= 0.3 is 5.97 Å². The molecule has 3 rings (SSSR count). The predicted molar refractivity (Wildman–Crippen MR) is 83.7 cm³/mol. The lowest BCUT2D eigenvalue weighted by Crippen LogP contribution is -2.45. The highest BCUT2D eigenvalue weighted by Gasteiger charge is 2.46. The van der Waals surface area contributed by atoms with E-state index in [1.165, 1.54) is 5.57 Å². The van der Waals surface area contributed by atoms with Gasteiger partial charge in [-0.25, -0.2) is 4.79 Å². The van der Waals surface area contributed by atoms with Gasteiger partial charge in [0, 0.05) is 17.4 Å². The van der Waals surface area contributed by atoms with E-state index in [1.807, 2.05) is 13.8 Å². The molecule has 0 amide bonds. The number of aryl methyl sites for hydroxylation is 1. The molecule has 0 radical (unpaired) electrons. The van der Waals surface area contributed by atoms with Crippen molar-refractivity contribution in [2.24, 2.45) is 5.92 Å². The number of carboxylic acids is 1. The molecule has 0 bridgehead atoms. The molecular weight excluding hydrogens is 280 g/mol. The third-order valence-electron chi connectivity index (χ3n) is 5.05. The zero-order valence-electron chi connectivity index (χ0n) is 13.4. The van der Waals surface area contributed by atoms with Crippen LogP contribution in [0.3, 0.4) is 0 Å². The summed E-state index contributed by atoms with van der Waals surface area (Å²) >= 11 is 0. The summed E-state index contributed by atoms with van der Waals surface area (Å²) in [5.74, 6) is -0.305. The average molecular weight is 302 g/mol.